The summed E-state index contributed by atoms with van der Waals surface area (Å²) in [4.78, 5) is 11.5. The molecule has 6 heteroatoms. The first-order valence-electron chi connectivity index (χ1n) is 4.93. The van der Waals surface area contributed by atoms with Crippen molar-refractivity contribution in [2.24, 2.45) is 11.7 Å². The Morgan fingerprint density at radius 3 is 2.67 bits per heavy atom. The van der Waals surface area contributed by atoms with Crippen molar-refractivity contribution in [3.8, 4) is 0 Å². The summed E-state index contributed by atoms with van der Waals surface area (Å²) >= 11 is 0. The quantitative estimate of drug-likeness (QED) is 0.654. The maximum atomic E-state index is 11.5. The lowest BCUT2D eigenvalue weighted by molar-refractivity contribution is -0.121. The minimum absolute atomic E-state index is 0.0266. The van der Waals surface area contributed by atoms with Crippen molar-refractivity contribution in [2.75, 3.05) is 5.75 Å². The Labute approximate surface area is 89.8 Å². The highest BCUT2D eigenvalue weighted by Crippen LogP contribution is 2.16. The highest BCUT2D eigenvalue weighted by atomic mass is 32.2. The van der Waals surface area contributed by atoms with E-state index in [0.29, 0.717) is 12.8 Å². The fourth-order valence-corrected chi connectivity index (χ4v) is 2.57. The molecule has 1 rings (SSSR count). The van der Waals surface area contributed by atoms with Crippen LogP contribution in [0.2, 0.25) is 0 Å². The van der Waals surface area contributed by atoms with E-state index in [2.05, 4.69) is 0 Å². The van der Waals surface area contributed by atoms with Crippen LogP contribution in [0.3, 0.4) is 0 Å². The summed E-state index contributed by atoms with van der Waals surface area (Å²) in [5, 5.41) is 0. The number of amides is 1. The van der Waals surface area contributed by atoms with Crippen LogP contribution in [0, 0.1) is 5.92 Å². The fraction of sp³-hybridized carbons (Fsp3) is 0.667. The molecule has 2 atom stereocenters. The molecule has 2 unspecified atom stereocenters. The lowest BCUT2D eigenvalue weighted by atomic mass is 10.1. The molecule has 0 aromatic carbocycles. The van der Waals surface area contributed by atoms with Gasteiger partial charge in [0.15, 0.2) is 0 Å². The number of hydrogen-bond donors (Lipinski definition) is 2. The van der Waals surface area contributed by atoms with Crippen LogP contribution >= 0.6 is 0 Å². The maximum Gasteiger partial charge on any atom is 0.240 e. The van der Waals surface area contributed by atoms with E-state index in [9.17, 15) is 13.2 Å². The van der Waals surface area contributed by atoms with E-state index in [0.717, 1.165) is 0 Å². The van der Waals surface area contributed by atoms with Crippen LogP contribution in [0.25, 0.3) is 0 Å². The molecule has 0 saturated heterocycles. The summed E-state index contributed by atoms with van der Waals surface area (Å²) in [5.41, 5.74) is 5.57. The van der Waals surface area contributed by atoms with Gasteiger partial charge in [-0.1, -0.05) is 19.1 Å². The summed E-state index contributed by atoms with van der Waals surface area (Å²) < 4.78 is 24.6. The zero-order valence-corrected chi connectivity index (χ0v) is 9.46. The monoisotopic (exact) mass is 232 g/mol. The molecular formula is C9H16N2O3S. The molecule has 1 aliphatic carbocycles. The first kappa shape index (κ1) is 12.2. The topological polar surface area (TPSA) is 89.3 Å². The zero-order chi connectivity index (χ0) is 11.5. The molecule has 0 fully saturated rings. The minimum atomic E-state index is -3.46. The summed E-state index contributed by atoms with van der Waals surface area (Å²) in [6.45, 7) is 1.75. The second kappa shape index (κ2) is 4.76. The Hall–Kier alpha value is -0.880. The molecular weight excluding hydrogens is 216 g/mol. The number of nitrogens with two attached hydrogens (primary N) is 1. The van der Waals surface area contributed by atoms with E-state index in [1.165, 1.54) is 0 Å². The van der Waals surface area contributed by atoms with Gasteiger partial charge in [0.1, 0.15) is 0 Å². The van der Waals surface area contributed by atoms with Gasteiger partial charge in [-0.25, -0.2) is 8.42 Å². The lowest BCUT2D eigenvalue weighted by Gasteiger charge is -2.10. The molecule has 1 aliphatic rings. The molecule has 0 saturated carbocycles. The van der Waals surface area contributed by atoms with Gasteiger partial charge in [-0.3, -0.25) is 9.52 Å². The van der Waals surface area contributed by atoms with Crippen molar-refractivity contribution in [2.45, 2.75) is 25.8 Å². The van der Waals surface area contributed by atoms with Crippen LogP contribution in [0.1, 0.15) is 19.8 Å². The Bertz CT molecular complexity index is 362. The van der Waals surface area contributed by atoms with Crippen LogP contribution < -0.4 is 10.5 Å². The van der Waals surface area contributed by atoms with Gasteiger partial charge in [-0.05, 0) is 12.8 Å². The molecule has 1 amide bonds. The number of nitrogens with one attached hydrogen (secondary N) is 1. The Balaban J connectivity index is 2.53. The van der Waals surface area contributed by atoms with E-state index < -0.39 is 21.8 Å². The molecule has 86 valence electrons. The first-order valence-corrected chi connectivity index (χ1v) is 6.58. The number of carbonyl (C=O) groups excluding carboxylic acids is 1. The number of rotatable bonds is 4. The van der Waals surface area contributed by atoms with Gasteiger partial charge in [0.25, 0.3) is 0 Å². The van der Waals surface area contributed by atoms with Crippen molar-refractivity contribution in [1.82, 2.24) is 4.72 Å². The van der Waals surface area contributed by atoms with Gasteiger partial charge in [0.05, 0.1) is 11.7 Å². The van der Waals surface area contributed by atoms with Crippen LogP contribution in [-0.2, 0) is 14.8 Å². The summed E-state index contributed by atoms with van der Waals surface area (Å²) in [5.74, 6) is -0.916. The summed E-state index contributed by atoms with van der Waals surface area (Å²) in [6, 6.07) is -0.144. The molecule has 15 heavy (non-hydrogen) atoms. The molecule has 0 aliphatic heterocycles. The molecule has 0 spiro atoms. The average Bonchev–Trinajstić information content (AvgIpc) is 2.50. The molecule has 0 bridgehead atoms. The molecule has 0 aromatic heterocycles. The highest BCUT2D eigenvalue weighted by Gasteiger charge is 2.25. The lowest BCUT2D eigenvalue weighted by Crippen LogP contribution is -2.36. The largest absolute Gasteiger partial charge is 0.324 e. The van der Waals surface area contributed by atoms with E-state index in [1.807, 2.05) is 4.72 Å². The Morgan fingerprint density at radius 1 is 1.53 bits per heavy atom. The Kier molecular flexibility index (Phi) is 3.87. The third kappa shape index (κ3) is 3.64. The number of carbonyl (C=O) groups is 1. The maximum absolute atomic E-state index is 11.5. The van der Waals surface area contributed by atoms with Crippen molar-refractivity contribution in [3.05, 3.63) is 12.2 Å². The first-order chi connectivity index (χ1) is 6.94. The molecule has 5 nitrogen and oxygen atoms in total. The van der Waals surface area contributed by atoms with Crippen molar-refractivity contribution < 1.29 is 13.2 Å². The molecule has 0 radical (unpaired) electrons. The van der Waals surface area contributed by atoms with E-state index in [1.54, 1.807) is 19.1 Å². The van der Waals surface area contributed by atoms with Crippen LogP contribution in [0.4, 0.5) is 0 Å². The standard InChI is InChI=1S/C9H16N2O3S/c1-2-5-15(13,14)11-9(12)7-3-4-8(10)6-7/h3-4,7-8H,2,5-6,10H2,1H3,(H,11,12). The van der Waals surface area contributed by atoms with Gasteiger partial charge in [-0.15, -0.1) is 0 Å². The van der Waals surface area contributed by atoms with Crippen molar-refractivity contribution in [3.63, 3.8) is 0 Å². The molecule has 3 N–H and O–H groups in total. The predicted octanol–water partition coefficient (Wildman–Crippen LogP) is -0.254. The van der Waals surface area contributed by atoms with Gasteiger partial charge < -0.3 is 5.73 Å². The second-order valence-electron chi connectivity index (χ2n) is 3.68. The van der Waals surface area contributed by atoms with E-state index >= 15 is 0 Å². The van der Waals surface area contributed by atoms with E-state index in [-0.39, 0.29) is 11.8 Å². The minimum Gasteiger partial charge on any atom is -0.324 e. The number of hydrogen-bond acceptors (Lipinski definition) is 4. The fourth-order valence-electron chi connectivity index (χ4n) is 1.47. The second-order valence-corrected chi connectivity index (χ2v) is 5.52. The van der Waals surface area contributed by atoms with Crippen LogP contribution in [0.15, 0.2) is 12.2 Å². The molecule has 0 heterocycles. The Morgan fingerprint density at radius 2 is 2.20 bits per heavy atom. The highest BCUT2D eigenvalue weighted by molar-refractivity contribution is 7.90. The summed E-state index contributed by atoms with van der Waals surface area (Å²) in [7, 11) is -3.46. The third-order valence-corrected chi connectivity index (χ3v) is 3.64. The molecule has 0 aromatic rings. The van der Waals surface area contributed by atoms with Crippen molar-refractivity contribution >= 4 is 15.9 Å². The van der Waals surface area contributed by atoms with Gasteiger partial charge in [0, 0.05) is 6.04 Å². The smallest absolute Gasteiger partial charge is 0.240 e. The average molecular weight is 232 g/mol. The zero-order valence-electron chi connectivity index (χ0n) is 8.64. The van der Waals surface area contributed by atoms with Gasteiger partial charge in [-0.2, -0.15) is 0 Å². The third-order valence-electron chi connectivity index (χ3n) is 2.18. The van der Waals surface area contributed by atoms with Crippen molar-refractivity contribution in [1.29, 1.82) is 0 Å². The SMILES string of the molecule is CCCS(=O)(=O)NC(=O)C1C=CC(N)C1. The van der Waals surface area contributed by atoms with Crippen LogP contribution in [0.5, 0.6) is 0 Å². The normalized spacial score (nSPS) is 25.5. The van der Waals surface area contributed by atoms with E-state index in [4.69, 9.17) is 5.73 Å². The van der Waals surface area contributed by atoms with Gasteiger partial charge >= 0.3 is 0 Å². The number of sulfonamides is 1. The van der Waals surface area contributed by atoms with Gasteiger partial charge in [0.2, 0.25) is 15.9 Å². The predicted molar refractivity (Wildman–Crippen MR) is 57.4 cm³/mol. The summed E-state index contributed by atoms with van der Waals surface area (Å²) in [6.07, 6.45) is 4.34. The van der Waals surface area contributed by atoms with Crippen LogP contribution in [-0.4, -0.2) is 26.1 Å².